The number of nitrogens with two attached hydrogens (primary N) is 1. The van der Waals surface area contributed by atoms with E-state index in [-0.39, 0.29) is 0 Å². The summed E-state index contributed by atoms with van der Waals surface area (Å²) in [6.07, 6.45) is 2.62. The van der Waals surface area contributed by atoms with Crippen molar-refractivity contribution in [3.05, 3.63) is 11.9 Å². The van der Waals surface area contributed by atoms with Crippen LogP contribution in [-0.2, 0) is 4.74 Å². The summed E-state index contributed by atoms with van der Waals surface area (Å²) in [6.45, 7) is 8.06. The van der Waals surface area contributed by atoms with Crippen molar-refractivity contribution in [2.24, 2.45) is 5.92 Å². The van der Waals surface area contributed by atoms with Gasteiger partial charge < -0.3 is 15.8 Å². The maximum atomic E-state index is 5.94. The van der Waals surface area contributed by atoms with Crippen molar-refractivity contribution >= 4 is 11.6 Å². The predicted octanol–water partition coefficient (Wildman–Crippen LogP) is 2.02. The lowest BCUT2D eigenvalue weighted by atomic mass is 9.99. The summed E-state index contributed by atoms with van der Waals surface area (Å²) < 4.78 is 5.42. The van der Waals surface area contributed by atoms with Gasteiger partial charge in [0.05, 0.1) is 6.61 Å². The van der Waals surface area contributed by atoms with Crippen molar-refractivity contribution in [2.45, 2.75) is 39.2 Å². The van der Waals surface area contributed by atoms with Gasteiger partial charge in [0.1, 0.15) is 18.0 Å². The molecular formula is C13H22N4O. The topological polar surface area (TPSA) is 73.1 Å². The maximum Gasteiger partial charge on any atom is 0.135 e. The molecule has 2 unspecified atom stereocenters. The third-order valence-electron chi connectivity index (χ3n) is 3.53. The standard InChI is InChI=1S/C13H22N4O/c1-8(2)11-12(14)15-7-16-13(11)17-9(3)10-4-5-18-6-10/h7-10H,4-6H2,1-3H3,(H3,14,15,16,17). The molecule has 100 valence electrons. The molecule has 18 heavy (non-hydrogen) atoms. The molecule has 0 radical (unpaired) electrons. The zero-order valence-electron chi connectivity index (χ0n) is 11.3. The Morgan fingerprint density at radius 3 is 2.78 bits per heavy atom. The molecule has 0 aromatic carbocycles. The molecule has 1 aliphatic rings. The summed E-state index contributed by atoms with van der Waals surface area (Å²) in [5, 5.41) is 3.46. The number of anilines is 2. The van der Waals surface area contributed by atoms with Crippen molar-refractivity contribution in [3.8, 4) is 0 Å². The first-order valence-corrected chi connectivity index (χ1v) is 6.54. The first-order chi connectivity index (χ1) is 8.59. The van der Waals surface area contributed by atoms with Crippen molar-refractivity contribution in [3.63, 3.8) is 0 Å². The number of nitrogen functional groups attached to an aromatic ring is 1. The van der Waals surface area contributed by atoms with Gasteiger partial charge in [-0.05, 0) is 19.3 Å². The Hall–Kier alpha value is -1.36. The Balaban J connectivity index is 2.15. The average Bonchev–Trinajstić information content (AvgIpc) is 2.81. The van der Waals surface area contributed by atoms with Crippen molar-refractivity contribution in [1.29, 1.82) is 0 Å². The van der Waals surface area contributed by atoms with Gasteiger partial charge in [-0.2, -0.15) is 0 Å². The van der Waals surface area contributed by atoms with Crippen LogP contribution < -0.4 is 11.1 Å². The van der Waals surface area contributed by atoms with Gasteiger partial charge in [0.15, 0.2) is 0 Å². The maximum absolute atomic E-state index is 5.94. The molecule has 0 spiro atoms. The number of hydrogen-bond donors (Lipinski definition) is 2. The quantitative estimate of drug-likeness (QED) is 0.855. The molecule has 1 aromatic rings. The van der Waals surface area contributed by atoms with E-state index in [4.69, 9.17) is 10.5 Å². The van der Waals surface area contributed by atoms with Gasteiger partial charge in [0.25, 0.3) is 0 Å². The highest BCUT2D eigenvalue weighted by Gasteiger charge is 2.24. The molecule has 2 atom stereocenters. The van der Waals surface area contributed by atoms with Crippen molar-refractivity contribution in [1.82, 2.24) is 9.97 Å². The first-order valence-electron chi connectivity index (χ1n) is 6.54. The summed E-state index contributed by atoms with van der Waals surface area (Å²) in [6, 6.07) is 0.333. The van der Waals surface area contributed by atoms with Crippen LogP contribution in [0.5, 0.6) is 0 Å². The highest BCUT2D eigenvalue weighted by Crippen LogP contribution is 2.28. The van der Waals surface area contributed by atoms with Gasteiger partial charge in [-0.25, -0.2) is 9.97 Å². The lowest BCUT2D eigenvalue weighted by Gasteiger charge is -2.22. The molecule has 0 amide bonds. The van der Waals surface area contributed by atoms with Crippen LogP contribution in [-0.4, -0.2) is 29.2 Å². The molecule has 2 rings (SSSR count). The minimum Gasteiger partial charge on any atom is -0.383 e. The molecule has 3 N–H and O–H groups in total. The average molecular weight is 250 g/mol. The lowest BCUT2D eigenvalue weighted by Crippen LogP contribution is -2.27. The molecular weight excluding hydrogens is 228 g/mol. The summed E-state index contributed by atoms with van der Waals surface area (Å²) >= 11 is 0. The fraction of sp³-hybridized carbons (Fsp3) is 0.692. The molecule has 0 saturated carbocycles. The minimum absolute atomic E-state index is 0.306. The number of aromatic nitrogens is 2. The fourth-order valence-electron chi connectivity index (χ4n) is 2.37. The van der Waals surface area contributed by atoms with Gasteiger partial charge in [-0.3, -0.25) is 0 Å². The lowest BCUT2D eigenvalue weighted by molar-refractivity contribution is 0.183. The number of ether oxygens (including phenoxy) is 1. The van der Waals surface area contributed by atoms with Gasteiger partial charge in [-0.15, -0.1) is 0 Å². The summed E-state index contributed by atoms with van der Waals surface area (Å²) in [7, 11) is 0. The minimum atomic E-state index is 0.306. The van der Waals surface area contributed by atoms with E-state index in [0.717, 1.165) is 31.0 Å². The molecule has 1 aromatic heterocycles. The molecule has 5 heteroatoms. The van der Waals surface area contributed by atoms with Crippen LogP contribution in [0.15, 0.2) is 6.33 Å². The number of nitrogens with one attached hydrogen (secondary N) is 1. The Kier molecular flexibility index (Phi) is 4.01. The summed E-state index contributed by atoms with van der Waals surface area (Å²) in [4.78, 5) is 8.40. The van der Waals surface area contributed by atoms with Crippen molar-refractivity contribution < 1.29 is 4.74 Å². The largest absolute Gasteiger partial charge is 0.383 e. The molecule has 2 heterocycles. The zero-order chi connectivity index (χ0) is 13.1. The third kappa shape index (κ3) is 2.72. The summed E-state index contributed by atoms with van der Waals surface area (Å²) in [5.41, 5.74) is 6.94. The fourth-order valence-corrected chi connectivity index (χ4v) is 2.37. The van der Waals surface area contributed by atoms with E-state index in [0.29, 0.717) is 23.7 Å². The Morgan fingerprint density at radius 2 is 2.17 bits per heavy atom. The van der Waals surface area contributed by atoms with Crippen LogP contribution in [0, 0.1) is 5.92 Å². The van der Waals surface area contributed by atoms with Crippen LogP contribution in [0.2, 0.25) is 0 Å². The predicted molar refractivity (Wildman–Crippen MR) is 72.5 cm³/mol. The van der Waals surface area contributed by atoms with Gasteiger partial charge >= 0.3 is 0 Å². The van der Waals surface area contributed by atoms with E-state index in [9.17, 15) is 0 Å². The second-order valence-corrected chi connectivity index (χ2v) is 5.23. The van der Waals surface area contributed by atoms with Crippen LogP contribution in [0.4, 0.5) is 11.6 Å². The van der Waals surface area contributed by atoms with E-state index in [1.807, 2.05) is 0 Å². The Bertz CT molecular complexity index is 402. The van der Waals surface area contributed by atoms with E-state index < -0.39 is 0 Å². The van der Waals surface area contributed by atoms with Crippen LogP contribution >= 0.6 is 0 Å². The molecule has 0 bridgehead atoms. The Morgan fingerprint density at radius 1 is 1.39 bits per heavy atom. The highest BCUT2D eigenvalue weighted by atomic mass is 16.5. The van der Waals surface area contributed by atoms with E-state index in [1.165, 1.54) is 6.33 Å². The molecule has 0 aliphatic carbocycles. The second kappa shape index (κ2) is 5.52. The first kappa shape index (κ1) is 13.1. The normalized spacial score (nSPS) is 21.2. The van der Waals surface area contributed by atoms with Gasteiger partial charge in [-0.1, -0.05) is 13.8 Å². The number of rotatable bonds is 4. The van der Waals surface area contributed by atoms with Crippen LogP contribution in [0.25, 0.3) is 0 Å². The monoisotopic (exact) mass is 250 g/mol. The molecule has 5 nitrogen and oxygen atoms in total. The second-order valence-electron chi connectivity index (χ2n) is 5.23. The van der Waals surface area contributed by atoms with Crippen molar-refractivity contribution in [2.75, 3.05) is 24.3 Å². The molecule has 1 aliphatic heterocycles. The zero-order valence-corrected chi connectivity index (χ0v) is 11.3. The Labute approximate surface area is 108 Å². The number of nitrogens with zero attached hydrogens (tertiary/aromatic N) is 2. The van der Waals surface area contributed by atoms with Crippen LogP contribution in [0.1, 0.15) is 38.7 Å². The molecule has 1 fully saturated rings. The van der Waals surface area contributed by atoms with E-state index >= 15 is 0 Å². The highest BCUT2D eigenvalue weighted by molar-refractivity contribution is 5.57. The number of hydrogen-bond acceptors (Lipinski definition) is 5. The van der Waals surface area contributed by atoms with Gasteiger partial charge in [0.2, 0.25) is 0 Å². The SMILES string of the molecule is CC(C)c1c(N)ncnc1NC(C)C1CCOC1. The smallest absolute Gasteiger partial charge is 0.135 e. The van der Waals surface area contributed by atoms with E-state index in [2.05, 4.69) is 36.1 Å². The van der Waals surface area contributed by atoms with Gasteiger partial charge in [0, 0.05) is 24.1 Å². The van der Waals surface area contributed by atoms with Crippen LogP contribution in [0.3, 0.4) is 0 Å². The van der Waals surface area contributed by atoms with E-state index in [1.54, 1.807) is 0 Å². The summed E-state index contributed by atoms with van der Waals surface area (Å²) in [5.74, 6) is 2.27. The molecule has 1 saturated heterocycles. The third-order valence-corrected chi connectivity index (χ3v) is 3.53.